The summed E-state index contributed by atoms with van der Waals surface area (Å²) in [6.45, 7) is 2.15. The topological polar surface area (TPSA) is 58.7 Å². The molecule has 0 aromatic heterocycles. The molecule has 0 bridgehead atoms. The molecule has 1 fully saturated rings. The van der Waals surface area contributed by atoms with Crippen LogP contribution in [0, 0.1) is 0 Å². The van der Waals surface area contributed by atoms with Crippen molar-refractivity contribution in [3.05, 3.63) is 29.8 Å². The lowest BCUT2D eigenvalue weighted by Gasteiger charge is -2.18. The van der Waals surface area contributed by atoms with Gasteiger partial charge in [-0.2, -0.15) is 5.06 Å². The molecule has 1 saturated heterocycles. The molecule has 4 heteroatoms. The van der Waals surface area contributed by atoms with Gasteiger partial charge in [-0.25, -0.2) is 0 Å². The molecule has 1 aliphatic rings. The van der Waals surface area contributed by atoms with E-state index in [0.29, 0.717) is 12.2 Å². The van der Waals surface area contributed by atoms with E-state index in [2.05, 4.69) is 0 Å². The van der Waals surface area contributed by atoms with Crippen molar-refractivity contribution in [2.24, 2.45) is 0 Å². The van der Waals surface area contributed by atoms with Crippen LogP contribution in [0.2, 0.25) is 0 Å². The Hall–Kier alpha value is -1.10. The van der Waals surface area contributed by atoms with E-state index in [-0.39, 0.29) is 0 Å². The lowest BCUT2D eigenvalue weighted by molar-refractivity contribution is -0.128. The summed E-state index contributed by atoms with van der Waals surface area (Å²) in [7, 11) is 0. The summed E-state index contributed by atoms with van der Waals surface area (Å²) in [4.78, 5) is 5.32. The van der Waals surface area contributed by atoms with E-state index in [4.69, 9.17) is 10.6 Å². The number of anilines is 1. The number of β-amino-alcohol motifs (C(OH)–C–C–N with tert-alkyl or cyclic N) is 1. The number of benzene rings is 1. The number of aliphatic hydroxyl groups excluding tert-OH is 1. The number of nitrogens with zero attached hydrogens (tertiary/aromatic N) is 1. The van der Waals surface area contributed by atoms with E-state index < -0.39 is 6.10 Å². The first kappa shape index (κ1) is 10.4. The fraction of sp³-hybridized carbons (Fsp3) is 0.455. The maximum Gasteiger partial charge on any atom is 0.0941 e. The van der Waals surface area contributed by atoms with Crippen molar-refractivity contribution in [1.29, 1.82) is 0 Å². The zero-order valence-electron chi connectivity index (χ0n) is 8.60. The standard InChI is InChI=1S/C11H16N2O2/c12-10-4-1-3-9(7-10)11(14)8-13-5-2-6-15-13/h1,3-4,7,11,14H,2,5-6,8,12H2. The van der Waals surface area contributed by atoms with E-state index in [9.17, 15) is 5.11 Å². The van der Waals surface area contributed by atoms with Gasteiger partial charge in [0.1, 0.15) is 0 Å². The summed E-state index contributed by atoms with van der Waals surface area (Å²) in [5.74, 6) is 0. The van der Waals surface area contributed by atoms with E-state index >= 15 is 0 Å². The molecule has 3 N–H and O–H groups in total. The van der Waals surface area contributed by atoms with Gasteiger partial charge in [-0.3, -0.25) is 4.84 Å². The van der Waals surface area contributed by atoms with Gasteiger partial charge in [-0.05, 0) is 24.1 Å². The Balaban J connectivity index is 1.97. The van der Waals surface area contributed by atoms with Crippen LogP contribution in [0.15, 0.2) is 24.3 Å². The summed E-state index contributed by atoms with van der Waals surface area (Å²) < 4.78 is 0. The number of hydrogen-bond acceptors (Lipinski definition) is 4. The normalized spacial score (nSPS) is 19.3. The van der Waals surface area contributed by atoms with E-state index in [1.165, 1.54) is 0 Å². The maximum atomic E-state index is 9.93. The van der Waals surface area contributed by atoms with Crippen LogP contribution in [0.25, 0.3) is 0 Å². The molecule has 1 heterocycles. The first-order valence-electron chi connectivity index (χ1n) is 5.17. The van der Waals surface area contributed by atoms with Gasteiger partial charge in [-0.1, -0.05) is 12.1 Å². The van der Waals surface area contributed by atoms with Gasteiger partial charge >= 0.3 is 0 Å². The van der Waals surface area contributed by atoms with E-state index in [0.717, 1.165) is 25.1 Å². The third-order valence-electron chi connectivity index (χ3n) is 2.50. The Labute approximate surface area is 89.2 Å². The number of rotatable bonds is 3. The molecule has 1 aromatic carbocycles. The van der Waals surface area contributed by atoms with Crippen LogP contribution < -0.4 is 5.73 Å². The Morgan fingerprint density at radius 1 is 1.53 bits per heavy atom. The first-order valence-corrected chi connectivity index (χ1v) is 5.17. The largest absolute Gasteiger partial charge is 0.399 e. The molecule has 0 saturated carbocycles. The average molecular weight is 208 g/mol. The zero-order chi connectivity index (χ0) is 10.7. The molecule has 1 aromatic rings. The molecule has 1 atom stereocenters. The van der Waals surface area contributed by atoms with Gasteiger partial charge in [0.25, 0.3) is 0 Å². The highest BCUT2D eigenvalue weighted by Crippen LogP contribution is 2.18. The fourth-order valence-electron chi connectivity index (χ4n) is 1.71. The Morgan fingerprint density at radius 3 is 3.07 bits per heavy atom. The monoisotopic (exact) mass is 208 g/mol. The maximum absolute atomic E-state index is 9.93. The molecule has 1 unspecified atom stereocenters. The van der Waals surface area contributed by atoms with Crippen molar-refractivity contribution in [2.75, 3.05) is 25.4 Å². The van der Waals surface area contributed by atoms with Crippen LogP contribution in [0.1, 0.15) is 18.1 Å². The lowest BCUT2D eigenvalue weighted by Crippen LogP contribution is -2.24. The summed E-state index contributed by atoms with van der Waals surface area (Å²) in [6, 6.07) is 7.32. The van der Waals surface area contributed by atoms with Gasteiger partial charge < -0.3 is 10.8 Å². The molecule has 1 aliphatic heterocycles. The minimum Gasteiger partial charge on any atom is -0.399 e. The van der Waals surface area contributed by atoms with Crippen LogP contribution in [-0.2, 0) is 4.84 Å². The molecule has 0 spiro atoms. The van der Waals surface area contributed by atoms with Gasteiger partial charge in [0.2, 0.25) is 0 Å². The first-order chi connectivity index (χ1) is 7.25. The summed E-state index contributed by atoms with van der Waals surface area (Å²) >= 11 is 0. The minimum absolute atomic E-state index is 0.503. The highest BCUT2D eigenvalue weighted by molar-refractivity contribution is 5.41. The summed E-state index contributed by atoms with van der Waals surface area (Å²) in [5.41, 5.74) is 7.16. The number of nitrogens with two attached hydrogens (primary N) is 1. The van der Waals surface area contributed by atoms with Crippen molar-refractivity contribution in [3.63, 3.8) is 0 Å². The Bertz CT molecular complexity index is 324. The Morgan fingerprint density at radius 2 is 2.40 bits per heavy atom. The van der Waals surface area contributed by atoms with Gasteiger partial charge in [0.05, 0.1) is 19.3 Å². The number of hydrogen-bond donors (Lipinski definition) is 2. The summed E-state index contributed by atoms with van der Waals surface area (Å²) in [5, 5.41) is 11.7. The van der Waals surface area contributed by atoms with E-state index in [1.807, 2.05) is 18.2 Å². The van der Waals surface area contributed by atoms with Crippen molar-refractivity contribution in [2.45, 2.75) is 12.5 Å². The molecule has 0 radical (unpaired) electrons. The predicted octanol–water partition coefficient (Wildman–Crippen LogP) is 0.940. The van der Waals surface area contributed by atoms with Crippen LogP contribution in [0.4, 0.5) is 5.69 Å². The van der Waals surface area contributed by atoms with Crippen molar-refractivity contribution < 1.29 is 9.94 Å². The predicted molar refractivity (Wildman–Crippen MR) is 58.0 cm³/mol. The molecule has 82 valence electrons. The quantitative estimate of drug-likeness (QED) is 0.726. The highest BCUT2D eigenvalue weighted by Gasteiger charge is 2.17. The molecule has 15 heavy (non-hydrogen) atoms. The van der Waals surface area contributed by atoms with Gasteiger partial charge in [0, 0.05) is 12.2 Å². The SMILES string of the molecule is Nc1cccc(C(O)CN2CCCO2)c1. The van der Waals surface area contributed by atoms with Crippen LogP contribution in [0.3, 0.4) is 0 Å². The van der Waals surface area contributed by atoms with Crippen LogP contribution >= 0.6 is 0 Å². The third-order valence-corrected chi connectivity index (χ3v) is 2.50. The van der Waals surface area contributed by atoms with Crippen molar-refractivity contribution in [1.82, 2.24) is 5.06 Å². The van der Waals surface area contributed by atoms with E-state index in [1.54, 1.807) is 11.1 Å². The second-order valence-corrected chi connectivity index (χ2v) is 3.76. The second kappa shape index (κ2) is 4.61. The van der Waals surface area contributed by atoms with Crippen LogP contribution in [0.5, 0.6) is 0 Å². The Kier molecular flexibility index (Phi) is 3.20. The van der Waals surface area contributed by atoms with Crippen LogP contribution in [-0.4, -0.2) is 29.9 Å². The second-order valence-electron chi connectivity index (χ2n) is 3.76. The average Bonchev–Trinajstić information content (AvgIpc) is 2.70. The number of aliphatic hydroxyl groups is 1. The lowest BCUT2D eigenvalue weighted by atomic mass is 10.1. The van der Waals surface area contributed by atoms with Crippen molar-refractivity contribution in [3.8, 4) is 0 Å². The van der Waals surface area contributed by atoms with Gasteiger partial charge in [0.15, 0.2) is 0 Å². The molecule has 4 nitrogen and oxygen atoms in total. The number of hydroxylamine groups is 2. The fourth-order valence-corrected chi connectivity index (χ4v) is 1.71. The molecule has 0 aliphatic carbocycles. The smallest absolute Gasteiger partial charge is 0.0941 e. The van der Waals surface area contributed by atoms with Crippen molar-refractivity contribution >= 4 is 5.69 Å². The zero-order valence-corrected chi connectivity index (χ0v) is 8.60. The summed E-state index contributed by atoms with van der Waals surface area (Å²) in [6.07, 6.45) is 0.496. The molecule has 2 rings (SSSR count). The molecular formula is C11H16N2O2. The van der Waals surface area contributed by atoms with Gasteiger partial charge in [-0.15, -0.1) is 0 Å². The molecule has 0 amide bonds. The third kappa shape index (κ3) is 2.68. The highest BCUT2D eigenvalue weighted by atomic mass is 16.7. The minimum atomic E-state index is -0.536. The molecular weight excluding hydrogens is 192 g/mol. The number of nitrogen functional groups attached to an aromatic ring is 1.